The molecule has 0 spiro atoms. The largest absolute Gasteiger partial charge is 0.385 e. The van der Waals surface area contributed by atoms with Crippen LogP contribution in [0.3, 0.4) is 0 Å². The van der Waals surface area contributed by atoms with Gasteiger partial charge in [-0.2, -0.15) is 0 Å². The molecule has 2 N–H and O–H groups in total. The second-order valence-corrected chi connectivity index (χ2v) is 4.31. The van der Waals surface area contributed by atoms with Crippen molar-refractivity contribution in [2.75, 3.05) is 26.8 Å². The molecule has 1 fully saturated rings. The van der Waals surface area contributed by atoms with E-state index in [1.165, 1.54) is 6.42 Å². The van der Waals surface area contributed by atoms with Crippen LogP contribution >= 0.6 is 0 Å². The van der Waals surface area contributed by atoms with Crippen LogP contribution in [-0.2, 0) is 4.74 Å². The molecular weight excluding hydrogens is 164 g/mol. The highest BCUT2D eigenvalue weighted by molar-refractivity contribution is 4.92. The molecule has 78 valence electrons. The van der Waals surface area contributed by atoms with Crippen LogP contribution in [0.25, 0.3) is 0 Å². The summed E-state index contributed by atoms with van der Waals surface area (Å²) in [7, 11) is 1.76. The molecule has 0 aromatic rings. The summed E-state index contributed by atoms with van der Waals surface area (Å²) < 4.78 is 5.05. The zero-order valence-corrected chi connectivity index (χ0v) is 9.02. The third kappa shape index (κ3) is 3.63. The Morgan fingerprint density at radius 1 is 1.62 bits per heavy atom. The molecule has 0 saturated carbocycles. The van der Waals surface area contributed by atoms with Gasteiger partial charge in [0.25, 0.3) is 0 Å². The first-order chi connectivity index (χ1) is 6.16. The minimum atomic E-state index is 0.299. The van der Waals surface area contributed by atoms with E-state index in [4.69, 9.17) is 4.74 Å². The summed E-state index contributed by atoms with van der Waals surface area (Å²) in [6, 6.07) is 0.546. The highest BCUT2D eigenvalue weighted by Crippen LogP contribution is 2.14. The van der Waals surface area contributed by atoms with Crippen molar-refractivity contribution >= 4 is 0 Å². The molecule has 0 aromatic heterocycles. The van der Waals surface area contributed by atoms with Gasteiger partial charge in [-0.25, -0.2) is 0 Å². The molecule has 0 radical (unpaired) electrons. The van der Waals surface area contributed by atoms with Crippen molar-refractivity contribution in [3.8, 4) is 0 Å². The van der Waals surface area contributed by atoms with E-state index in [-0.39, 0.29) is 0 Å². The maximum Gasteiger partial charge on any atom is 0.0476 e. The fourth-order valence-electron chi connectivity index (χ4n) is 1.90. The van der Waals surface area contributed by atoms with Crippen molar-refractivity contribution in [1.29, 1.82) is 0 Å². The fourth-order valence-corrected chi connectivity index (χ4v) is 1.90. The van der Waals surface area contributed by atoms with Gasteiger partial charge in [-0.05, 0) is 33.2 Å². The van der Waals surface area contributed by atoms with Gasteiger partial charge in [0.15, 0.2) is 0 Å². The molecule has 0 aromatic carbocycles. The standard InChI is InChI=1S/C10H22N2O/c1-9(4-7-13-3)12-10(2)5-6-11-8-10/h9,11-12H,4-8H2,1-3H3. The molecule has 0 amide bonds. The second-order valence-electron chi connectivity index (χ2n) is 4.31. The molecule has 0 aliphatic carbocycles. The Hall–Kier alpha value is -0.120. The molecule has 0 bridgehead atoms. The van der Waals surface area contributed by atoms with E-state index in [1.807, 2.05) is 0 Å². The molecule has 3 heteroatoms. The van der Waals surface area contributed by atoms with E-state index in [2.05, 4.69) is 24.5 Å². The SMILES string of the molecule is COCCC(C)NC1(C)CCNC1. The summed E-state index contributed by atoms with van der Waals surface area (Å²) in [5.74, 6) is 0. The molecule has 1 aliphatic heterocycles. The molecular formula is C10H22N2O. The average Bonchev–Trinajstić information content (AvgIpc) is 2.48. The van der Waals surface area contributed by atoms with Crippen molar-refractivity contribution in [3.05, 3.63) is 0 Å². The van der Waals surface area contributed by atoms with Crippen LogP contribution in [0.5, 0.6) is 0 Å². The molecule has 3 nitrogen and oxygen atoms in total. The zero-order valence-electron chi connectivity index (χ0n) is 9.02. The molecule has 2 unspecified atom stereocenters. The van der Waals surface area contributed by atoms with Crippen LogP contribution in [0.1, 0.15) is 26.7 Å². The lowest BCUT2D eigenvalue weighted by atomic mass is 10.00. The monoisotopic (exact) mass is 186 g/mol. The summed E-state index contributed by atoms with van der Waals surface area (Å²) >= 11 is 0. The Morgan fingerprint density at radius 2 is 2.38 bits per heavy atom. The van der Waals surface area contributed by atoms with E-state index in [0.717, 1.165) is 26.1 Å². The second kappa shape index (κ2) is 4.94. The summed E-state index contributed by atoms with van der Waals surface area (Å²) in [5, 5.41) is 7.03. The van der Waals surface area contributed by atoms with Crippen molar-refractivity contribution in [1.82, 2.24) is 10.6 Å². The number of hydrogen-bond donors (Lipinski definition) is 2. The van der Waals surface area contributed by atoms with Crippen LogP contribution in [0, 0.1) is 0 Å². The van der Waals surface area contributed by atoms with Gasteiger partial charge in [0.2, 0.25) is 0 Å². The van der Waals surface area contributed by atoms with Gasteiger partial charge in [-0.1, -0.05) is 0 Å². The maximum atomic E-state index is 5.05. The van der Waals surface area contributed by atoms with Crippen LogP contribution in [0.2, 0.25) is 0 Å². The van der Waals surface area contributed by atoms with Crippen molar-refractivity contribution in [2.45, 2.75) is 38.3 Å². The highest BCUT2D eigenvalue weighted by atomic mass is 16.5. The minimum absolute atomic E-state index is 0.299. The van der Waals surface area contributed by atoms with Crippen molar-refractivity contribution < 1.29 is 4.74 Å². The third-order valence-electron chi connectivity index (χ3n) is 2.72. The lowest BCUT2D eigenvalue weighted by Gasteiger charge is -2.29. The lowest BCUT2D eigenvalue weighted by molar-refractivity contribution is 0.178. The topological polar surface area (TPSA) is 33.3 Å². The van der Waals surface area contributed by atoms with Crippen molar-refractivity contribution in [3.63, 3.8) is 0 Å². The quantitative estimate of drug-likeness (QED) is 0.665. The van der Waals surface area contributed by atoms with Crippen molar-refractivity contribution in [2.24, 2.45) is 0 Å². The number of methoxy groups -OCH3 is 1. The first-order valence-corrected chi connectivity index (χ1v) is 5.14. The van der Waals surface area contributed by atoms with Crippen LogP contribution in [-0.4, -0.2) is 38.4 Å². The molecule has 2 atom stereocenters. The average molecular weight is 186 g/mol. The van der Waals surface area contributed by atoms with E-state index in [0.29, 0.717) is 11.6 Å². The van der Waals surface area contributed by atoms with Crippen LogP contribution in [0.15, 0.2) is 0 Å². The van der Waals surface area contributed by atoms with Gasteiger partial charge in [0.1, 0.15) is 0 Å². The zero-order chi connectivity index (χ0) is 9.73. The Kier molecular flexibility index (Phi) is 4.16. The van der Waals surface area contributed by atoms with Crippen LogP contribution < -0.4 is 10.6 Å². The number of nitrogens with one attached hydrogen (secondary N) is 2. The van der Waals surface area contributed by atoms with Gasteiger partial charge in [-0.3, -0.25) is 0 Å². The van der Waals surface area contributed by atoms with Gasteiger partial charge in [0, 0.05) is 31.8 Å². The molecule has 1 rings (SSSR count). The van der Waals surface area contributed by atoms with Gasteiger partial charge in [-0.15, -0.1) is 0 Å². The molecule has 1 heterocycles. The first kappa shape index (κ1) is 11.0. The van der Waals surface area contributed by atoms with Crippen LogP contribution in [0.4, 0.5) is 0 Å². The predicted octanol–water partition coefficient (Wildman–Crippen LogP) is 0.753. The summed E-state index contributed by atoms with van der Waals surface area (Å²) in [5.41, 5.74) is 0.299. The molecule has 13 heavy (non-hydrogen) atoms. The summed E-state index contributed by atoms with van der Waals surface area (Å²) in [6.45, 7) is 7.58. The number of ether oxygens (including phenoxy) is 1. The Balaban J connectivity index is 2.21. The number of hydrogen-bond acceptors (Lipinski definition) is 3. The lowest BCUT2D eigenvalue weighted by Crippen LogP contribution is -2.48. The first-order valence-electron chi connectivity index (χ1n) is 5.14. The third-order valence-corrected chi connectivity index (χ3v) is 2.72. The van der Waals surface area contributed by atoms with Gasteiger partial charge < -0.3 is 15.4 Å². The molecule has 1 saturated heterocycles. The van der Waals surface area contributed by atoms with E-state index < -0.39 is 0 Å². The fraction of sp³-hybridized carbons (Fsp3) is 1.00. The predicted molar refractivity (Wildman–Crippen MR) is 55.0 cm³/mol. The van der Waals surface area contributed by atoms with Gasteiger partial charge >= 0.3 is 0 Å². The van der Waals surface area contributed by atoms with E-state index in [9.17, 15) is 0 Å². The number of rotatable bonds is 5. The highest BCUT2D eigenvalue weighted by Gasteiger charge is 2.28. The Bertz CT molecular complexity index is 144. The normalized spacial score (nSPS) is 30.7. The van der Waals surface area contributed by atoms with Gasteiger partial charge in [0.05, 0.1) is 0 Å². The summed E-state index contributed by atoms with van der Waals surface area (Å²) in [6.07, 6.45) is 2.32. The smallest absolute Gasteiger partial charge is 0.0476 e. The Morgan fingerprint density at radius 3 is 2.92 bits per heavy atom. The maximum absolute atomic E-state index is 5.05. The minimum Gasteiger partial charge on any atom is -0.385 e. The summed E-state index contributed by atoms with van der Waals surface area (Å²) in [4.78, 5) is 0. The van der Waals surface area contributed by atoms with E-state index in [1.54, 1.807) is 7.11 Å². The van der Waals surface area contributed by atoms with E-state index >= 15 is 0 Å². The molecule has 1 aliphatic rings. The Labute approximate surface area is 81.2 Å².